The molecule has 1 aliphatic rings. The van der Waals surface area contributed by atoms with Crippen molar-refractivity contribution in [1.29, 1.82) is 0 Å². The second kappa shape index (κ2) is 6.15. The van der Waals surface area contributed by atoms with Crippen LogP contribution in [0.3, 0.4) is 0 Å². The Kier molecular flexibility index (Phi) is 4.54. The number of hydrogen-bond acceptors (Lipinski definition) is 3. The van der Waals surface area contributed by atoms with Gasteiger partial charge in [-0.1, -0.05) is 11.8 Å². The molecule has 0 saturated carbocycles. The lowest BCUT2D eigenvalue weighted by Gasteiger charge is -2.10. The van der Waals surface area contributed by atoms with Crippen LogP contribution in [0.5, 0.6) is 0 Å². The summed E-state index contributed by atoms with van der Waals surface area (Å²) in [6, 6.07) is 6.33. The van der Waals surface area contributed by atoms with Crippen LogP contribution in [0, 0.1) is 0 Å². The van der Waals surface area contributed by atoms with Crippen LogP contribution in [0.1, 0.15) is 12.8 Å². The molecule has 0 unspecified atom stereocenters. The number of anilines is 1. The van der Waals surface area contributed by atoms with Gasteiger partial charge in [-0.3, -0.25) is 4.79 Å². The fourth-order valence-corrected chi connectivity index (χ4v) is 2.23. The van der Waals surface area contributed by atoms with E-state index in [1.165, 1.54) is 0 Å². The van der Waals surface area contributed by atoms with Gasteiger partial charge in [-0.15, -0.1) is 0 Å². The molecule has 1 atom stereocenters. The molecule has 6 heteroatoms. The summed E-state index contributed by atoms with van der Waals surface area (Å²) in [5, 5.41) is 2.70. The van der Waals surface area contributed by atoms with Crippen molar-refractivity contribution in [2.75, 3.05) is 11.9 Å². The Bertz CT molecular complexity index is 405. The molecule has 1 N–H and O–H groups in total. The number of thioether (sulfide) groups is 1. The highest BCUT2D eigenvalue weighted by molar-refractivity contribution is 7.99. The summed E-state index contributed by atoms with van der Waals surface area (Å²) in [5.41, 5.74) is 0.592. The van der Waals surface area contributed by atoms with Gasteiger partial charge < -0.3 is 10.1 Å². The Morgan fingerprint density at radius 1 is 1.39 bits per heavy atom. The van der Waals surface area contributed by atoms with E-state index in [0.717, 1.165) is 12.8 Å². The lowest BCUT2D eigenvalue weighted by Crippen LogP contribution is -2.26. The van der Waals surface area contributed by atoms with E-state index in [-0.39, 0.29) is 12.0 Å². The second-order valence-electron chi connectivity index (χ2n) is 3.89. The first kappa shape index (κ1) is 13.3. The lowest BCUT2D eigenvalue weighted by atomic mass is 10.2. The molecule has 1 aromatic carbocycles. The Morgan fingerprint density at radius 3 is 2.67 bits per heavy atom. The van der Waals surface area contributed by atoms with Crippen LogP contribution in [0.2, 0.25) is 0 Å². The van der Waals surface area contributed by atoms with Crippen molar-refractivity contribution in [1.82, 2.24) is 0 Å². The van der Waals surface area contributed by atoms with Crippen LogP contribution in [0.15, 0.2) is 29.2 Å². The monoisotopic (exact) mass is 273 g/mol. The molecule has 0 aliphatic carbocycles. The molecule has 1 amide bonds. The van der Waals surface area contributed by atoms with E-state index in [1.54, 1.807) is 24.3 Å². The maximum absolute atomic E-state index is 12.1. The standard InChI is InChI=1S/C12H13F2NO2S/c13-12(14)18-9-5-3-8(4-6-9)15-11(16)10-2-1-7-17-10/h3-6,10,12H,1-2,7H2,(H,15,16)/t10-/m1/s1. The van der Waals surface area contributed by atoms with E-state index in [0.29, 0.717) is 29.0 Å². The molecule has 18 heavy (non-hydrogen) atoms. The van der Waals surface area contributed by atoms with Gasteiger partial charge in [0.15, 0.2) is 0 Å². The van der Waals surface area contributed by atoms with Crippen LogP contribution in [0.4, 0.5) is 14.5 Å². The number of halogens is 2. The van der Waals surface area contributed by atoms with Crippen molar-refractivity contribution in [3.8, 4) is 0 Å². The van der Waals surface area contributed by atoms with Gasteiger partial charge in [-0.25, -0.2) is 0 Å². The molecule has 1 fully saturated rings. The van der Waals surface area contributed by atoms with E-state index in [4.69, 9.17) is 4.74 Å². The summed E-state index contributed by atoms with van der Waals surface area (Å²) >= 11 is 0.481. The number of amides is 1. The molecule has 3 nitrogen and oxygen atoms in total. The summed E-state index contributed by atoms with van der Waals surface area (Å²) in [6.07, 6.45) is 1.23. The summed E-state index contributed by atoms with van der Waals surface area (Å²) < 4.78 is 29.5. The first-order valence-electron chi connectivity index (χ1n) is 5.62. The average molecular weight is 273 g/mol. The minimum absolute atomic E-state index is 0.179. The molecule has 1 heterocycles. The zero-order valence-corrected chi connectivity index (χ0v) is 10.4. The number of benzene rings is 1. The third kappa shape index (κ3) is 3.68. The van der Waals surface area contributed by atoms with Crippen molar-refractivity contribution in [3.63, 3.8) is 0 Å². The van der Waals surface area contributed by atoms with Crippen LogP contribution in [-0.2, 0) is 9.53 Å². The predicted octanol–water partition coefficient (Wildman–Crippen LogP) is 3.12. The number of nitrogens with one attached hydrogen (secondary N) is 1. The summed E-state index contributed by atoms with van der Waals surface area (Å²) in [5.74, 6) is -2.61. The SMILES string of the molecule is O=C(Nc1ccc(SC(F)F)cc1)[C@H]1CCCO1. The minimum Gasteiger partial charge on any atom is -0.368 e. The zero-order valence-electron chi connectivity index (χ0n) is 9.57. The van der Waals surface area contributed by atoms with Gasteiger partial charge >= 0.3 is 0 Å². The van der Waals surface area contributed by atoms with E-state index >= 15 is 0 Å². The maximum Gasteiger partial charge on any atom is 0.288 e. The van der Waals surface area contributed by atoms with Gasteiger partial charge in [0, 0.05) is 17.2 Å². The number of carbonyl (C=O) groups is 1. The number of carbonyl (C=O) groups excluding carboxylic acids is 1. The van der Waals surface area contributed by atoms with Crippen molar-refractivity contribution < 1.29 is 18.3 Å². The van der Waals surface area contributed by atoms with Gasteiger partial charge in [-0.05, 0) is 37.1 Å². The highest BCUT2D eigenvalue weighted by Gasteiger charge is 2.23. The van der Waals surface area contributed by atoms with Crippen molar-refractivity contribution in [2.24, 2.45) is 0 Å². The molecule has 2 rings (SSSR count). The summed E-state index contributed by atoms with van der Waals surface area (Å²) in [4.78, 5) is 12.2. The zero-order chi connectivity index (χ0) is 13.0. The van der Waals surface area contributed by atoms with Crippen LogP contribution < -0.4 is 5.32 Å². The average Bonchev–Trinajstić information content (AvgIpc) is 2.84. The maximum atomic E-state index is 12.1. The van der Waals surface area contributed by atoms with Crippen LogP contribution in [-0.4, -0.2) is 24.4 Å². The molecule has 0 aromatic heterocycles. The third-order valence-electron chi connectivity index (χ3n) is 2.57. The molecule has 98 valence electrons. The highest BCUT2D eigenvalue weighted by Crippen LogP contribution is 2.26. The van der Waals surface area contributed by atoms with E-state index in [1.807, 2.05) is 0 Å². The first-order valence-corrected chi connectivity index (χ1v) is 6.50. The van der Waals surface area contributed by atoms with Gasteiger partial charge in [0.1, 0.15) is 6.10 Å². The number of ether oxygens (including phenoxy) is 1. The van der Waals surface area contributed by atoms with E-state index < -0.39 is 5.76 Å². The fourth-order valence-electron chi connectivity index (χ4n) is 1.73. The third-order valence-corrected chi connectivity index (χ3v) is 3.29. The number of hydrogen-bond donors (Lipinski definition) is 1. The molecule has 1 aliphatic heterocycles. The lowest BCUT2D eigenvalue weighted by molar-refractivity contribution is -0.124. The molecule has 0 radical (unpaired) electrons. The molecule has 0 bridgehead atoms. The molecule has 1 saturated heterocycles. The quantitative estimate of drug-likeness (QED) is 0.857. The van der Waals surface area contributed by atoms with Gasteiger partial charge in [0.2, 0.25) is 0 Å². The first-order chi connectivity index (χ1) is 8.65. The van der Waals surface area contributed by atoms with Crippen LogP contribution in [0.25, 0.3) is 0 Å². The fraction of sp³-hybridized carbons (Fsp3) is 0.417. The molecule has 1 aromatic rings. The Balaban J connectivity index is 1.91. The Labute approximate surface area is 108 Å². The molecular weight excluding hydrogens is 260 g/mol. The summed E-state index contributed by atoms with van der Waals surface area (Å²) in [6.45, 7) is 0.613. The largest absolute Gasteiger partial charge is 0.368 e. The summed E-state index contributed by atoms with van der Waals surface area (Å²) in [7, 11) is 0. The van der Waals surface area contributed by atoms with Crippen molar-refractivity contribution in [3.05, 3.63) is 24.3 Å². The highest BCUT2D eigenvalue weighted by atomic mass is 32.2. The Morgan fingerprint density at radius 2 is 2.11 bits per heavy atom. The van der Waals surface area contributed by atoms with E-state index in [9.17, 15) is 13.6 Å². The Hall–Kier alpha value is -1.14. The van der Waals surface area contributed by atoms with Crippen LogP contribution >= 0.6 is 11.8 Å². The van der Waals surface area contributed by atoms with Gasteiger partial charge in [0.25, 0.3) is 11.7 Å². The van der Waals surface area contributed by atoms with Gasteiger partial charge in [0.05, 0.1) is 0 Å². The van der Waals surface area contributed by atoms with Crippen molar-refractivity contribution >= 4 is 23.4 Å². The van der Waals surface area contributed by atoms with Crippen molar-refractivity contribution in [2.45, 2.75) is 29.6 Å². The normalized spacial score (nSPS) is 19.2. The van der Waals surface area contributed by atoms with Gasteiger partial charge in [-0.2, -0.15) is 8.78 Å². The smallest absolute Gasteiger partial charge is 0.288 e. The number of rotatable bonds is 4. The minimum atomic E-state index is -2.43. The topological polar surface area (TPSA) is 38.3 Å². The number of alkyl halides is 2. The molecular formula is C12H13F2NO2S. The second-order valence-corrected chi connectivity index (χ2v) is 4.96. The predicted molar refractivity (Wildman–Crippen MR) is 65.9 cm³/mol. The molecule has 0 spiro atoms. The van der Waals surface area contributed by atoms with E-state index in [2.05, 4.69) is 5.32 Å².